The molecule has 2 aromatic carbocycles. The molecule has 1 aromatic heterocycles. The molecular formula is C22H23NO5S. The average molecular weight is 413 g/mol. The third-order valence-electron chi connectivity index (χ3n) is 5.19. The number of aromatic hydroxyl groups is 2. The first-order chi connectivity index (χ1) is 13.8. The molecule has 0 radical (unpaired) electrons. The standard InChI is InChI=1S/C22H23NO5S/c1-13-9-18-15(11-17(13)24)7-8-22(2,28-18)12-27-16-5-3-14(4-6-16)10-19-20(25)23-21(26)29-19/h3-6,9,11,24-25H,7-8,10,12H2,1-2H3,(H,23,26). The second-order valence-electron chi connectivity index (χ2n) is 7.69. The molecule has 1 aliphatic rings. The second kappa shape index (κ2) is 7.48. The van der Waals surface area contributed by atoms with Crippen LogP contribution < -0.4 is 14.3 Å². The van der Waals surface area contributed by atoms with E-state index in [1.165, 1.54) is 0 Å². The Hall–Kier alpha value is -2.93. The van der Waals surface area contributed by atoms with Gasteiger partial charge in [0.05, 0.1) is 4.88 Å². The van der Waals surface area contributed by atoms with Crippen LogP contribution in [0.1, 0.15) is 34.9 Å². The van der Waals surface area contributed by atoms with Crippen LogP contribution in [0.4, 0.5) is 0 Å². The van der Waals surface area contributed by atoms with Crippen LogP contribution in [-0.4, -0.2) is 27.4 Å². The van der Waals surface area contributed by atoms with Crippen molar-refractivity contribution in [1.82, 2.24) is 4.98 Å². The number of aromatic amines is 1. The van der Waals surface area contributed by atoms with Crippen LogP contribution in [-0.2, 0) is 12.8 Å². The number of hydrogen-bond acceptors (Lipinski definition) is 6. The van der Waals surface area contributed by atoms with Gasteiger partial charge in [0.15, 0.2) is 0 Å². The lowest BCUT2D eigenvalue weighted by atomic mass is 9.92. The van der Waals surface area contributed by atoms with Crippen molar-refractivity contribution < 1.29 is 19.7 Å². The molecule has 0 fully saturated rings. The van der Waals surface area contributed by atoms with Crippen LogP contribution in [0.3, 0.4) is 0 Å². The summed E-state index contributed by atoms with van der Waals surface area (Å²) in [7, 11) is 0. The van der Waals surface area contributed by atoms with E-state index in [4.69, 9.17) is 9.47 Å². The molecule has 3 N–H and O–H groups in total. The van der Waals surface area contributed by atoms with Crippen molar-refractivity contribution in [3.63, 3.8) is 0 Å². The first kappa shape index (κ1) is 19.4. The van der Waals surface area contributed by atoms with Gasteiger partial charge < -0.3 is 19.7 Å². The summed E-state index contributed by atoms with van der Waals surface area (Å²) in [6.45, 7) is 4.30. The summed E-state index contributed by atoms with van der Waals surface area (Å²) in [5, 5.41) is 19.6. The molecule has 0 aliphatic carbocycles. The zero-order valence-corrected chi connectivity index (χ0v) is 17.1. The van der Waals surface area contributed by atoms with Crippen molar-refractivity contribution >= 4 is 11.3 Å². The van der Waals surface area contributed by atoms with E-state index in [1.54, 1.807) is 6.07 Å². The molecule has 4 rings (SSSR count). The molecule has 3 aromatic rings. The highest BCUT2D eigenvalue weighted by atomic mass is 32.1. The van der Waals surface area contributed by atoms with Gasteiger partial charge in [-0.1, -0.05) is 23.5 Å². The number of nitrogens with one attached hydrogen (secondary N) is 1. The van der Waals surface area contributed by atoms with Gasteiger partial charge in [0.2, 0.25) is 5.88 Å². The molecular weight excluding hydrogens is 390 g/mol. The summed E-state index contributed by atoms with van der Waals surface area (Å²) in [4.78, 5) is 14.0. The molecule has 1 unspecified atom stereocenters. The van der Waals surface area contributed by atoms with Crippen LogP contribution >= 0.6 is 11.3 Å². The minimum Gasteiger partial charge on any atom is -0.508 e. The predicted molar refractivity (Wildman–Crippen MR) is 112 cm³/mol. The second-order valence-corrected chi connectivity index (χ2v) is 8.76. The van der Waals surface area contributed by atoms with E-state index in [0.717, 1.165) is 52.4 Å². The molecule has 6 nitrogen and oxygen atoms in total. The highest BCUT2D eigenvalue weighted by Crippen LogP contribution is 2.37. The Balaban J connectivity index is 1.39. The topological polar surface area (TPSA) is 91.8 Å². The zero-order valence-electron chi connectivity index (χ0n) is 16.3. The molecule has 1 atom stereocenters. The molecule has 29 heavy (non-hydrogen) atoms. The fourth-order valence-electron chi connectivity index (χ4n) is 3.42. The van der Waals surface area contributed by atoms with Crippen LogP contribution in [0.15, 0.2) is 41.2 Å². The Kier molecular flexibility index (Phi) is 5.00. The number of aryl methyl sites for hydroxylation is 2. The number of phenols is 1. The third-order valence-corrected chi connectivity index (χ3v) is 6.06. The lowest BCUT2D eigenvalue weighted by Crippen LogP contribution is -2.42. The van der Waals surface area contributed by atoms with Gasteiger partial charge in [-0.3, -0.25) is 9.78 Å². The zero-order chi connectivity index (χ0) is 20.6. The van der Waals surface area contributed by atoms with Gasteiger partial charge in [-0.25, -0.2) is 0 Å². The van der Waals surface area contributed by atoms with Crippen molar-refractivity contribution in [3.8, 4) is 23.1 Å². The monoisotopic (exact) mass is 413 g/mol. The summed E-state index contributed by atoms with van der Waals surface area (Å²) < 4.78 is 12.2. The van der Waals surface area contributed by atoms with E-state index in [9.17, 15) is 15.0 Å². The van der Waals surface area contributed by atoms with Crippen LogP contribution in [0.5, 0.6) is 23.1 Å². The fourth-order valence-corrected chi connectivity index (χ4v) is 4.18. The van der Waals surface area contributed by atoms with E-state index in [1.807, 2.05) is 44.2 Å². The Morgan fingerprint density at radius 3 is 2.69 bits per heavy atom. The van der Waals surface area contributed by atoms with E-state index in [2.05, 4.69) is 4.98 Å². The maximum Gasteiger partial charge on any atom is 0.307 e. The Morgan fingerprint density at radius 2 is 2.00 bits per heavy atom. The minimum atomic E-state index is -0.446. The SMILES string of the molecule is Cc1cc2c(cc1O)CCC(C)(COc1ccc(Cc3sc(=O)[nH]c3O)cc1)O2. The van der Waals surface area contributed by atoms with Crippen molar-refractivity contribution in [2.24, 2.45) is 0 Å². The van der Waals surface area contributed by atoms with Gasteiger partial charge in [-0.05, 0) is 67.6 Å². The quantitative estimate of drug-likeness (QED) is 0.590. The molecule has 2 heterocycles. The van der Waals surface area contributed by atoms with Crippen LogP contribution in [0.25, 0.3) is 0 Å². The summed E-state index contributed by atoms with van der Waals surface area (Å²) in [5.41, 5.74) is 2.35. The highest BCUT2D eigenvalue weighted by molar-refractivity contribution is 7.09. The number of benzene rings is 2. The van der Waals surface area contributed by atoms with Crippen molar-refractivity contribution in [2.45, 2.75) is 38.7 Å². The molecule has 1 aliphatic heterocycles. The lowest BCUT2D eigenvalue weighted by Gasteiger charge is -2.35. The van der Waals surface area contributed by atoms with Gasteiger partial charge in [-0.2, -0.15) is 0 Å². The average Bonchev–Trinajstić information content (AvgIpc) is 2.99. The number of phenolic OH excluding ortho intramolecular Hbond substituents is 1. The fraction of sp³-hybridized carbons (Fsp3) is 0.318. The van der Waals surface area contributed by atoms with Crippen LogP contribution in [0, 0.1) is 6.92 Å². The number of ether oxygens (including phenoxy) is 2. The van der Waals surface area contributed by atoms with Crippen molar-refractivity contribution in [2.75, 3.05) is 6.61 Å². The lowest BCUT2D eigenvalue weighted by molar-refractivity contribution is 0.0174. The molecule has 0 bridgehead atoms. The number of hydrogen-bond donors (Lipinski definition) is 3. The van der Waals surface area contributed by atoms with Gasteiger partial charge in [-0.15, -0.1) is 0 Å². The Bertz CT molecular complexity index is 1090. The third kappa shape index (κ3) is 4.24. The summed E-state index contributed by atoms with van der Waals surface area (Å²) >= 11 is 1.01. The predicted octanol–water partition coefficient (Wildman–Crippen LogP) is 3.91. The highest BCUT2D eigenvalue weighted by Gasteiger charge is 2.33. The summed E-state index contributed by atoms with van der Waals surface area (Å²) in [5.74, 6) is 1.77. The number of fused-ring (bicyclic) bond motifs is 1. The molecule has 0 saturated heterocycles. The van der Waals surface area contributed by atoms with E-state index in [-0.39, 0.29) is 10.8 Å². The maximum absolute atomic E-state index is 11.3. The Labute approximate surface area is 172 Å². The maximum atomic E-state index is 11.3. The number of rotatable bonds is 5. The summed E-state index contributed by atoms with van der Waals surface area (Å²) in [6, 6.07) is 11.3. The molecule has 0 amide bonds. The molecule has 0 spiro atoms. The number of H-pyrrole nitrogens is 1. The number of thiazole rings is 1. The first-order valence-electron chi connectivity index (χ1n) is 9.45. The Morgan fingerprint density at radius 1 is 1.24 bits per heavy atom. The van der Waals surface area contributed by atoms with Gasteiger partial charge in [0.25, 0.3) is 0 Å². The van der Waals surface area contributed by atoms with E-state index in [0.29, 0.717) is 23.7 Å². The smallest absolute Gasteiger partial charge is 0.307 e. The molecule has 0 saturated carbocycles. The largest absolute Gasteiger partial charge is 0.508 e. The van der Waals surface area contributed by atoms with Crippen molar-refractivity contribution in [3.05, 3.63) is 67.6 Å². The first-order valence-corrected chi connectivity index (χ1v) is 10.3. The van der Waals surface area contributed by atoms with Gasteiger partial charge in [0, 0.05) is 6.42 Å². The molecule has 7 heteroatoms. The van der Waals surface area contributed by atoms with Crippen molar-refractivity contribution in [1.29, 1.82) is 0 Å². The van der Waals surface area contributed by atoms with E-state index < -0.39 is 5.60 Å². The summed E-state index contributed by atoms with van der Waals surface area (Å²) in [6.07, 6.45) is 2.11. The van der Waals surface area contributed by atoms with Crippen LogP contribution in [0.2, 0.25) is 0 Å². The van der Waals surface area contributed by atoms with Gasteiger partial charge >= 0.3 is 4.87 Å². The number of aromatic nitrogens is 1. The molecule has 152 valence electrons. The minimum absolute atomic E-state index is 0.0634. The van der Waals surface area contributed by atoms with E-state index >= 15 is 0 Å². The normalized spacial score (nSPS) is 18.1. The van der Waals surface area contributed by atoms with Gasteiger partial charge in [0.1, 0.15) is 29.5 Å².